The molecular formula is C13H12BrF3N2O. The fourth-order valence-electron chi connectivity index (χ4n) is 1.50. The number of carbonyl (C=O) groups excluding carboxylic acids is 1. The summed E-state index contributed by atoms with van der Waals surface area (Å²) in [5, 5.41) is 10.9. The van der Waals surface area contributed by atoms with Crippen molar-refractivity contribution in [3.63, 3.8) is 0 Å². The van der Waals surface area contributed by atoms with Gasteiger partial charge in [0.1, 0.15) is 0 Å². The molecule has 0 saturated heterocycles. The van der Waals surface area contributed by atoms with Crippen LogP contribution in [0, 0.1) is 11.3 Å². The van der Waals surface area contributed by atoms with Crippen molar-refractivity contribution in [3.8, 4) is 6.07 Å². The molecule has 0 bridgehead atoms. The third kappa shape index (κ3) is 4.85. The number of nitrogens with one attached hydrogen (secondary N) is 1. The molecule has 108 valence electrons. The quantitative estimate of drug-likeness (QED) is 0.820. The number of hydrogen-bond acceptors (Lipinski definition) is 2. The van der Waals surface area contributed by atoms with Crippen LogP contribution in [-0.2, 0) is 6.18 Å². The van der Waals surface area contributed by atoms with Crippen molar-refractivity contribution >= 4 is 21.8 Å². The van der Waals surface area contributed by atoms with Crippen LogP contribution in [0.3, 0.4) is 0 Å². The van der Waals surface area contributed by atoms with Crippen molar-refractivity contribution in [3.05, 3.63) is 33.8 Å². The lowest BCUT2D eigenvalue weighted by Crippen LogP contribution is -2.25. The number of unbranched alkanes of at least 4 members (excludes halogenated alkanes) is 2. The number of halogens is 4. The Morgan fingerprint density at radius 1 is 1.35 bits per heavy atom. The Morgan fingerprint density at radius 3 is 2.65 bits per heavy atom. The molecule has 7 heteroatoms. The van der Waals surface area contributed by atoms with E-state index in [-0.39, 0.29) is 5.56 Å². The number of alkyl halides is 3. The lowest BCUT2D eigenvalue weighted by molar-refractivity contribution is -0.137. The Kier molecular flexibility index (Phi) is 6.02. The SMILES string of the molecule is N#CCCCCNC(=O)c1cc(C(F)(F)F)ccc1Br. The van der Waals surface area contributed by atoms with Crippen LogP contribution < -0.4 is 5.32 Å². The van der Waals surface area contributed by atoms with Crippen LogP contribution in [-0.4, -0.2) is 12.5 Å². The minimum Gasteiger partial charge on any atom is -0.352 e. The van der Waals surface area contributed by atoms with Crippen molar-refractivity contribution in [2.75, 3.05) is 6.54 Å². The van der Waals surface area contributed by atoms with E-state index in [2.05, 4.69) is 21.2 Å². The summed E-state index contributed by atoms with van der Waals surface area (Å²) in [7, 11) is 0. The van der Waals surface area contributed by atoms with Gasteiger partial charge in [-0.1, -0.05) is 0 Å². The zero-order valence-corrected chi connectivity index (χ0v) is 12.0. The third-order valence-corrected chi connectivity index (χ3v) is 3.23. The molecule has 0 saturated carbocycles. The van der Waals surface area contributed by atoms with Crippen LogP contribution in [0.1, 0.15) is 35.2 Å². The highest BCUT2D eigenvalue weighted by molar-refractivity contribution is 9.10. The van der Waals surface area contributed by atoms with Gasteiger partial charge in [0.15, 0.2) is 0 Å². The Labute approximate surface area is 122 Å². The van der Waals surface area contributed by atoms with Gasteiger partial charge in [0, 0.05) is 17.4 Å². The van der Waals surface area contributed by atoms with Gasteiger partial charge >= 0.3 is 6.18 Å². The number of nitriles is 1. The summed E-state index contributed by atoms with van der Waals surface area (Å²) in [5.74, 6) is -0.570. The Morgan fingerprint density at radius 2 is 2.05 bits per heavy atom. The molecule has 1 aromatic rings. The van der Waals surface area contributed by atoms with Crippen LogP contribution in [0.4, 0.5) is 13.2 Å². The molecule has 0 aliphatic carbocycles. The van der Waals surface area contributed by atoms with E-state index in [0.29, 0.717) is 30.3 Å². The van der Waals surface area contributed by atoms with Gasteiger partial charge in [-0.05, 0) is 47.0 Å². The zero-order valence-electron chi connectivity index (χ0n) is 10.4. The molecule has 0 atom stereocenters. The second-order valence-corrected chi connectivity index (χ2v) is 4.92. The Hall–Kier alpha value is -1.55. The van der Waals surface area contributed by atoms with Crippen LogP contribution in [0.2, 0.25) is 0 Å². The highest BCUT2D eigenvalue weighted by Gasteiger charge is 2.31. The maximum atomic E-state index is 12.6. The van der Waals surface area contributed by atoms with E-state index in [1.54, 1.807) is 0 Å². The molecule has 0 heterocycles. The van der Waals surface area contributed by atoms with Gasteiger partial charge in [0.25, 0.3) is 5.91 Å². The molecule has 0 aliphatic rings. The number of hydrogen-bond donors (Lipinski definition) is 1. The fraction of sp³-hybridized carbons (Fsp3) is 0.385. The summed E-state index contributed by atoms with van der Waals surface area (Å²) >= 11 is 3.06. The zero-order chi connectivity index (χ0) is 15.2. The number of carbonyl (C=O) groups is 1. The smallest absolute Gasteiger partial charge is 0.352 e. The monoisotopic (exact) mass is 348 g/mol. The van der Waals surface area contributed by atoms with E-state index in [4.69, 9.17) is 5.26 Å². The van der Waals surface area contributed by atoms with Crippen LogP contribution >= 0.6 is 15.9 Å². The summed E-state index contributed by atoms with van der Waals surface area (Å²) in [6.45, 7) is 0.323. The van der Waals surface area contributed by atoms with Crippen molar-refractivity contribution in [1.29, 1.82) is 5.26 Å². The molecule has 1 amide bonds. The molecule has 1 rings (SSSR count). The fourth-order valence-corrected chi connectivity index (χ4v) is 1.93. The standard InChI is InChI=1S/C13H12BrF3N2O/c14-11-5-4-9(13(15,16)17)8-10(11)12(20)19-7-3-1-2-6-18/h4-5,8H,1-3,7H2,(H,19,20). The molecule has 1 N–H and O–H groups in total. The number of amides is 1. The summed E-state index contributed by atoms with van der Waals surface area (Å²) in [6.07, 6.45) is -2.85. The van der Waals surface area contributed by atoms with Gasteiger partial charge in [-0.3, -0.25) is 4.79 Å². The van der Waals surface area contributed by atoms with Gasteiger partial charge in [-0.25, -0.2) is 0 Å². The molecule has 20 heavy (non-hydrogen) atoms. The highest BCUT2D eigenvalue weighted by Crippen LogP contribution is 2.31. The maximum absolute atomic E-state index is 12.6. The van der Waals surface area contributed by atoms with E-state index in [1.165, 1.54) is 6.07 Å². The lowest BCUT2D eigenvalue weighted by Gasteiger charge is -2.11. The number of nitrogens with zero attached hydrogens (tertiary/aromatic N) is 1. The number of rotatable bonds is 5. The van der Waals surface area contributed by atoms with Crippen LogP contribution in [0.5, 0.6) is 0 Å². The molecule has 0 fully saturated rings. The van der Waals surface area contributed by atoms with Gasteiger partial charge in [-0.2, -0.15) is 18.4 Å². The van der Waals surface area contributed by atoms with Crippen molar-refractivity contribution < 1.29 is 18.0 Å². The summed E-state index contributed by atoms with van der Waals surface area (Å²) < 4.78 is 38.0. The molecule has 0 aromatic heterocycles. The maximum Gasteiger partial charge on any atom is 0.416 e. The van der Waals surface area contributed by atoms with Crippen molar-refractivity contribution in [1.82, 2.24) is 5.32 Å². The minimum atomic E-state index is -4.48. The molecule has 0 aliphatic heterocycles. The summed E-state index contributed by atoms with van der Waals surface area (Å²) in [6, 6.07) is 4.90. The topological polar surface area (TPSA) is 52.9 Å². The first kappa shape index (κ1) is 16.5. The molecule has 0 unspecified atom stereocenters. The first-order chi connectivity index (χ1) is 9.36. The van der Waals surface area contributed by atoms with E-state index < -0.39 is 17.6 Å². The second kappa shape index (κ2) is 7.29. The first-order valence-electron chi connectivity index (χ1n) is 5.88. The molecule has 0 radical (unpaired) electrons. The summed E-state index contributed by atoms with van der Waals surface area (Å²) in [5.41, 5.74) is -0.921. The minimum absolute atomic E-state index is 0.0555. The van der Waals surface area contributed by atoms with E-state index in [9.17, 15) is 18.0 Å². The predicted octanol–water partition coefficient (Wildman–Crippen LogP) is 3.89. The average Bonchev–Trinajstić information content (AvgIpc) is 2.37. The molecule has 0 spiro atoms. The van der Waals surface area contributed by atoms with Gasteiger partial charge in [0.05, 0.1) is 17.2 Å². The highest BCUT2D eigenvalue weighted by atomic mass is 79.9. The molecule has 1 aromatic carbocycles. The average molecular weight is 349 g/mol. The Balaban J connectivity index is 2.70. The van der Waals surface area contributed by atoms with Crippen molar-refractivity contribution in [2.45, 2.75) is 25.4 Å². The lowest BCUT2D eigenvalue weighted by atomic mass is 10.1. The second-order valence-electron chi connectivity index (χ2n) is 4.06. The van der Waals surface area contributed by atoms with Gasteiger partial charge in [-0.15, -0.1) is 0 Å². The summed E-state index contributed by atoms with van der Waals surface area (Å²) in [4.78, 5) is 11.8. The van der Waals surface area contributed by atoms with Crippen LogP contribution in [0.25, 0.3) is 0 Å². The molecular weight excluding hydrogens is 337 g/mol. The molecule has 3 nitrogen and oxygen atoms in total. The third-order valence-electron chi connectivity index (χ3n) is 2.54. The van der Waals surface area contributed by atoms with Crippen LogP contribution in [0.15, 0.2) is 22.7 Å². The van der Waals surface area contributed by atoms with Crippen molar-refractivity contribution in [2.24, 2.45) is 0 Å². The number of benzene rings is 1. The predicted molar refractivity (Wildman–Crippen MR) is 70.9 cm³/mol. The normalized spacial score (nSPS) is 10.9. The Bertz CT molecular complexity index is 523. The van der Waals surface area contributed by atoms with E-state index >= 15 is 0 Å². The largest absolute Gasteiger partial charge is 0.416 e. The van der Waals surface area contributed by atoms with E-state index in [1.807, 2.05) is 6.07 Å². The van der Waals surface area contributed by atoms with Gasteiger partial charge < -0.3 is 5.32 Å². The first-order valence-corrected chi connectivity index (χ1v) is 6.67. The van der Waals surface area contributed by atoms with E-state index in [0.717, 1.165) is 12.1 Å². The van der Waals surface area contributed by atoms with Gasteiger partial charge in [0.2, 0.25) is 0 Å².